The molecule has 0 amide bonds. The third-order valence-corrected chi connectivity index (χ3v) is 17.9. The first-order valence-corrected chi connectivity index (χ1v) is 29.5. The molecule has 18 rings (SSSR count). The molecule has 0 aliphatic heterocycles. The Labute approximate surface area is 495 Å². The topological polar surface area (TPSA) is 32.6 Å². The van der Waals surface area contributed by atoms with Gasteiger partial charge in [0.15, 0.2) is 0 Å². The average molecular weight is 1090 g/mol. The summed E-state index contributed by atoms with van der Waals surface area (Å²) in [7, 11) is 0. The zero-order valence-electron chi connectivity index (χ0n) is 46.7. The summed E-state index contributed by atoms with van der Waals surface area (Å²) in [5.41, 5.74) is 22.7. The molecule has 0 saturated heterocycles. The SMILES string of the molecule is c1ccc(-n2c3ccccc3c3cc(-c4ccc5c6ccccc6n(-c6ccc(-c7cc8ccccc8c(-c8ccc(-n9c%10ccccc%10c%10ccc(-c%11ccc%12c(c%11)c%11ccccc%11n%12-c%11ccccc%11)cc%109)cc8)n7)cc6)c5c4)ccc32)cc1. The summed E-state index contributed by atoms with van der Waals surface area (Å²) in [6.07, 6.45) is 0. The van der Waals surface area contributed by atoms with Gasteiger partial charge >= 0.3 is 0 Å². The second kappa shape index (κ2) is 19.0. The largest absolute Gasteiger partial charge is 0.309 e. The molecule has 5 heteroatoms. The summed E-state index contributed by atoms with van der Waals surface area (Å²) < 4.78 is 9.59. The second-order valence-electron chi connectivity index (χ2n) is 22.7. The molecule has 5 heterocycles. The Kier molecular flexibility index (Phi) is 10.6. The summed E-state index contributed by atoms with van der Waals surface area (Å²) in [5, 5.41) is 12.1. The quantitative estimate of drug-likeness (QED) is 0.149. The number of para-hydroxylation sites is 6. The Morgan fingerprint density at radius 3 is 0.965 bits per heavy atom. The molecule has 5 aromatic heterocycles. The van der Waals surface area contributed by atoms with E-state index in [9.17, 15) is 0 Å². The van der Waals surface area contributed by atoms with Gasteiger partial charge in [-0.05, 0) is 143 Å². The lowest BCUT2D eigenvalue weighted by molar-refractivity contribution is 1.18. The lowest BCUT2D eigenvalue weighted by Gasteiger charge is -2.13. The van der Waals surface area contributed by atoms with E-state index in [1.54, 1.807) is 0 Å². The van der Waals surface area contributed by atoms with Crippen LogP contribution in [0.2, 0.25) is 0 Å². The third kappa shape index (κ3) is 7.41. The van der Waals surface area contributed by atoms with Gasteiger partial charge in [0.2, 0.25) is 0 Å². The molecule has 0 aliphatic carbocycles. The highest BCUT2D eigenvalue weighted by Gasteiger charge is 2.20. The minimum atomic E-state index is 0.931. The Bertz CT molecular complexity index is 5740. The van der Waals surface area contributed by atoms with Gasteiger partial charge in [-0.3, -0.25) is 0 Å². The van der Waals surface area contributed by atoms with Crippen molar-refractivity contribution >= 4 is 98.0 Å². The maximum Gasteiger partial charge on any atom is 0.0787 e. The minimum Gasteiger partial charge on any atom is -0.309 e. The van der Waals surface area contributed by atoms with Crippen LogP contribution in [0.3, 0.4) is 0 Å². The highest BCUT2D eigenvalue weighted by Crippen LogP contribution is 2.42. The van der Waals surface area contributed by atoms with Crippen LogP contribution in [-0.2, 0) is 0 Å². The fourth-order valence-corrected chi connectivity index (χ4v) is 14.0. The summed E-state index contributed by atoms with van der Waals surface area (Å²) in [5.74, 6) is 0. The van der Waals surface area contributed by atoms with Gasteiger partial charge in [-0.2, -0.15) is 0 Å². The van der Waals surface area contributed by atoms with Crippen molar-refractivity contribution in [1.29, 1.82) is 0 Å². The predicted molar refractivity (Wildman–Crippen MR) is 361 cm³/mol. The fourth-order valence-electron chi connectivity index (χ4n) is 14.0. The van der Waals surface area contributed by atoms with E-state index in [0.717, 1.165) is 56.0 Å². The van der Waals surface area contributed by atoms with Crippen molar-refractivity contribution in [2.24, 2.45) is 0 Å². The second-order valence-corrected chi connectivity index (χ2v) is 22.7. The van der Waals surface area contributed by atoms with Crippen LogP contribution in [0.25, 0.3) is 166 Å². The first-order valence-electron chi connectivity index (χ1n) is 29.5. The summed E-state index contributed by atoms with van der Waals surface area (Å²) >= 11 is 0. The van der Waals surface area contributed by atoms with Gasteiger partial charge in [0, 0.05) is 82.4 Å². The molecule has 0 atom stereocenters. The molecule has 0 unspecified atom stereocenters. The fraction of sp³-hybridized carbons (Fsp3) is 0. The lowest BCUT2D eigenvalue weighted by Crippen LogP contribution is -1.96. The Morgan fingerprint density at radius 1 is 0.186 bits per heavy atom. The number of hydrogen-bond donors (Lipinski definition) is 0. The standard InChI is InChI=1S/C81H51N5/c1-3-18-59(19-4-1)83-75-29-15-11-25-66(75)70-47-54(37-45-77(70)83)56-35-43-68-64-23-9-13-27-73(64)85(79(68)50-56)61-39-31-52(32-40-61)72-49-58-17-7-8-22-63(58)81(82-72)53-33-41-62(42-34-53)86-74-28-14-10-24-65(74)69-44-36-57(51-80(69)86)55-38-46-78-71(48-55)67-26-12-16-30-76(67)84(78)60-20-5-2-6-21-60/h1-51H. The Hall–Kier alpha value is -11.5. The summed E-state index contributed by atoms with van der Waals surface area (Å²) in [6.45, 7) is 0. The number of aromatic nitrogens is 5. The monoisotopic (exact) mass is 1090 g/mol. The molecule has 0 fully saturated rings. The van der Waals surface area contributed by atoms with E-state index in [0.29, 0.717) is 0 Å². The maximum atomic E-state index is 5.52. The Balaban J connectivity index is 0.702. The zero-order chi connectivity index (χ0) is 56.4. The van der Waals surface area contributed by atoms with Crippen LogP contribution in [-0.4, -0.2) is 23.3 Å². The van der Waals surface area contributed by atoms with Gasteiger partial charge in [0.05, 0.1) is 55.5 Å². The van der Waals surface area contributed by atoms with Crippen LogP contribution in [0, 0.1) is 0 Å². The smallest absolute Gasteiger partial charge is 0.0787 e. The number of rotatable bonds is 8. The summed E-state index contributed by atoms with van der Waals surface area (Å²) in [6, 6.07) is 113. The molecule has 0 N–H and O–H groups in total. The number of hydrogen-bond acceptors (Lipinski definition) is 1. The van der Waals surface area contributed by atoms with Crippen LogP contribution in [0.1, 0.15) is 0 Å². The van der Waals surface area contributed by atoms with Crippen LogP contribution in [0.15, 0.2) is 309 Å². The average Bonchev–Trinajstić information content (AvgIpc) is 1.82. The molecule has 0 spiro atoms. The molecule has 86 heavy (non-hydrogen) atoms. The van der Waals surface area contributed by atoms with Crippen molar-refractivity contribution in [3.8, 4) is 67.5 Å². The number of fused-ring (bicyclic) bond motifs is 13. The van der Waals surface area contributed by atoms with Gasteiger partial charge in [-0.25, -0.2) is 4.98 Å². The minimum absolute atomic E-state index is 0.931. The van der Waals surface area contributed by atoms with E-state index in [1.807, 2.05) is 0 Å². The first kappa shape index (κ1) is 48.0. The third-order valence-electron chi connectivity index (χ3n) is 17.9. The highest BCUT2D eigenvalue weighted by atomic mass is 15.0. The number of nitrogens with zero attached hydrogens (tertiary/aromatic N) is 5. The molecular formula is C81H51N5. The molecule has 13 aromatic carbocycles. The predicted octanol–water partition coefficient (Wildman–Crippen LogP) is 21.3. The molecule has 5 nitrogen and oxygen atoms in total. The van der Waals surface area contributed by atoms with Gasteiger partial charge < -0.3 is 18.3 Å². The molecule has 0 saturated carbocycles. The van der Waals surface area contributed by atoms with Crippen molar-refractivity contribution in [2.75, 3.05) is 0 Å². The summed E-state index contributed by atoms with van der Waals surface area (Å²) in [4.78, 5) is 5.52. The lowest BCUT2D eigenvalue weighted by atomic mass is 10.0. The van der Waals surface area contributed by atoms with Crippen LogP contribution >= 0.6 is 0 Å². The van der Waals surface area contributed by atoms with Crippen molar-refractivity contribution < 1.29 is 0 Å². The van der Waals surface area contributed by atoms with Gasteiger partial charge in [-0.1, -0.05) is 194 Å². The first-order chi connectivity index (χ1) is 42.6. The Morgan fingerprint density at radius 2 is 0.500 bits per heavy atom. The molecule has 18 aromatic rings. The van der Waals surface area contributed by atoms with E-state index < -0.39 is 0 Å². The molecule has 0 aliphatic rings. The van der Waals surface area contributed by atoms with Crippen molar-refractivity contribution in [3.63, 3.8) is 0 Å². The van der Waals surface area contributed by atoms with Crippen molar-refractivity contribution in [1.82, 2.24) is 23.3 Å². The van der Waals surface area contributed by atoms with E-state index in [2.05, 4.69) is 328 Å². The van der Waals surface area contributed by atoms with E-state index in [-0.39, 0.29) is 0 Å². The van der Waals surface area contributed by atoms with Crippen LogP contribution < -0.4 is 0 Å². The van der Waals surface area contributed by atoms with Crippen LogP contribution in [0.5, 0.6) is 0 Å². The number of benzene rings is 13. The zero-order valence-corrected chi connectivity index (χ0v) is 46.7. The van der Waals surface area contributed by atoms with Gasteiger partial charge in [0.25, 0.3) is 0 Å². The van der Waals surface area contributed by atoms with Crippen LogP contribution in [0.4, 0.5) is 0 Å². The highest BCUT2D eigenvalue weighted by molar-refractivity contribution is 6.15. The molecular weight excluding hydrogens is 1040 g/mol. The maximum absolute atomic E-state index is 5.52. The van der Waals surface area contributed by atoms with E-state index in [1.165, 1.54) is 109 Å². The van der Waals surface area contributed by atoms with Crippen molar-refractivity contribution in [3.05, 3.63) is 309 Å². The van der Waals surface area contributed by atoms with Gasteiger partial charge in [-0.15, -0.1) is 0 Å². The molecule has 400 valence electrons. The normalized spacial score (nSPS) is 12.0. The van der Waals surface area contributed by atoms with E-state index >= 15 is 0 Å². The van der Waals surface area contributed by atoms with E-state index in [4.69, 9.17) is 4.98 Å². The number of pyridine rings is 1. The molecule has 0 bridgehead atoms. The molecule has 0 radical (unpaired) electrons. The van der Waals surface area contributed by atoms with Crippen molar-refractivity contribution in [2.45, 2.75) is 0 Å². The van der Waals surface area contributed by atoms with Gasteiger partial charge in [0.1, 0.15) is 0 Å².